The van der Waals surface area contributed by atoms with Crippen LogP contribution in [0.3, 0.4) is 0 Å². The fourth-order valence-electron chi connectivity index (χ4n) is 2.08. The molecule has 0 saturated heterocycles. The van der Waals surface area contributed by atoms with Crippen molar-refractivity contribution in [3.63, 3.8) is 0 Å². The number of carbonyl (C=O) groups is 1. The monoisotopic (exact) mass is 247 g/mol. The second-order valence-electron chi connectivity index (χ2n) is 5.23. The lowest BCUT2D eigenvalue weighted by Crippen LogP contribution is -2.50. The molecule has 0 aliphatic carbocycles. The maximum absolute atomic E-state index is 11.2. The van der Waals surface area contributed by atoms with E-state index in [-0.39, 0.29) is 0 Å². The molecule has 1 rings (SSSR count). The van der Waals surface area contributed by atoms with E-state index in [0.29, 0.717) is 0 Å². The Morgan fingerprint density at radius 1 is 1.22 bits per heavy atom. The average molecular weight is 247 g/mol. The summed E-state index contributed by atoms with van der Waals surface area (Å²) in [6.45, 7) is 11.6. The Morgan fingerprint density at radius 2 is 1.72 bits per heavy atom. The third-order valence-corrected chi connectivity index (χ3v) is 3.81. The normalized spacial score (nSPS) is 14.7. The van der Waals surface area contributed by atoms with Gasteiger partial charge in [0.15, 0.2) is 0 Å². The van der Waals surface area contributed by atoms with Gasteiger partial charge in [-0.3, -0.25) is 0 Å². The fourth-order valence-corrected chi connectivity index (χ4v) is 2.08. The zero-order chi connectivity index (χ0) is 14.0. The summed E-state index contributed by atoms with van der Waals surface area (Å²) in [5.74, 6) is 0. The first kappa shape index (κ1) is 14.3. The van der Waals surface area contributed by atoms with Crippen LogP contribution in [0.15, 0.2) is 42.5 Å². The van der Waals surface area contributed by atoms with Gasteiger partial charge in [0.1, 0.15) is 5.60 Å². The molecule has 18 heavy (non-hydrogen) atoms. The summed E-state index contributed by atoms with van der Waals surface area (Å²) >= 11 is 0. The Kier molecular flexibility index (Phi) is 3.85. The van der Waals surface area contributed by atoms with Crippen LogP contribution < -0.4 is 5.73 Å². The lowest BCUT2D eigenvalue weighted by atomic mass is 9.68. The second kappa shape index (κ2) is 4.84. The van der Waals surface area contributed by atoms with E-state index < -0.39 is 17.1 Å². The number of benzene rings is 1. The predicted octanol–water partition coefficient (Wildman–Crippen LogP) is 3.39. The van der Waals surface area contributed by atoms with Crippen LogP contribution in [-0.4, -0.2) is 11.7 Å². The van der Waals surface area contributed by atoms with E-state index in [4.69, 9.17) is 10.5 Å². The Hall–Kier alpha value is -1.77. The number of ether oxygens (including phenoxy) is 1. The van der Waals surface area contributed by atoms with Crippen LogP contribution in [0.5, 0.6) is 0 Å². The van der Waals surface area contributed by atoms with Crippen molar-refractivity contribution in [1.29, 1.82) is 0 Å². The van der Waals surface area contributed by atoms with E-state index in [1.807, 2.05) is 58.0 Å². The molecule has 0 radical (unpaired) electrons. The van der Waals surface area contributed by atoms with Crippen molar-refractivity contribution in [2.24, 2.45) is 5.73 Å². The molecule has 0 fully saturated rings. The van der Waals surface area contributed by atoms with Crippen LogP contribution in [0.4, 0.5) is 4.79 Å². The summed E-state index contributed by atoms with van der Waals surface area (Å²) in [4.78, 5) is 11.2. The number of amides is 1. The largest absolute Gasteiger partial charge is 0.438 e. The summed E-state index contributed by atoms with van der Waals surface area (Å²) in [7, 11) is 0. The lowest BCUT2D eigenvalue weighted by molar-refractivity contribution is 0.00698. The fraction of sp³-hybridized carbons (Fsp3) is 0.400. The van der Waals surface area contributed by atoms with Crippen molar-refractivity contribution in [3.8, 4) is 0 Å². The second-order valence-corrected chi connectivity index (χ2v) is 5.23. The predicted molar refractivity (Wildman–Crippen MR) is 73.4 cm³/mol. The molecular formula is C15H21NO2. The summed E-state index contributed by atoms with van der Waals surface area (Å²) in [6, 6.07) is 9.88. The molecule has 0 heterocycles. The SMILES string of the molecule is C=C(C)C(C)(OC(N)=O)C(C)(C)c1ccccc1. The third-order valence-electron chi connectivity index (χ3n) is 3.81. The van der Waals surface area contributed by atoms with Crippen LogP contribution in [0.25, 0.3) is 0 Å². The highest BCUT2D eigenvalue weighted by Gasteiger charge is 2.46. The minimum atomic E-state index is -0.847. The first-order valence-electron chi connectivity index (χ1n) is 5.92. The minimum absolute atomic E-state index is 0.422. The Bertz CT molecular complexity index is 451. The van der Waals surface area contributed by atoms with Gasteiger partial charge in [-0.05, 0) is 25.0 Å². The summed E-state index contributed by atoms with van der Waals surface area (Å²) < 4.78 is 5.36. The molecule has 0 bridgehead atoms. The van der Waals surface area contributed by atoms with Crippen molar-refractivity contribution in [2.45, 2.75) is 38.7 Å². The van der Waals surface area contributed by atoms with Crippen LogP contribution >= 0.6 is 0 Å². The maximum atomic E-state index is 11.2. The highest BCUT2D eigenvalue weighted by Crippen LogP contribution is 2.41. The topological polar surface area (TPSA) is 52.3 Å². The highest BCUT2D eigenvalue weighted by atomic mass is 16.6. The summed E-state index contributed by atoms with van der Waals surface area (Å²) in [6.07, 6.45) is -0.787. The molecule has 0 aromatic heterocycles. The van der Waals surface area contributed by atoms with Gasteiger partial charge in [-0.2, -0.15) is 0 Å². The van der Waals surface area contributed by atoms with Gasteiger partial charge in [0.2, 0.25) is 0 Å². The number of primary amides is 1. The molecule has 0 aliphatic rings. The number of rotatable bonds is 4. The Labute approximate surface area is 109 Å². The molecule has 1 aromatic carbocycles. The number of hydrogen-bond donors (Lipinski definition) is 1. The van der Waals surface area contributed by atoms with Gasteiger partial charge in [0.25, 0.3) is 0 Å². The van der Waals surface area contributed by atoms with E-state index in [9.17, 15) is 4.79 Å². The minimum Gasteiger partial charge on any atom is -0.438 e. The maximum Gasteiger partial charge on any atom is 0.405 e. The molecule has 1 atom stereocenters. The number of nitrogens with two attached hydrogens (primary N) is 1. The average Bonchev–Trinajstić information content (AvgIpc) is 2.28. The van der Waals surface area contributed by atoms with Gasteiger partial charge in [0, 0.05) is 5.41 Å². The molecule has 2 N–H and O–H groups in total. The molecule has 1 unspecified atom stereocenters. The molecule has 0 spiro atoms. The van der Waals surface area contributed by atoms with Crippen LogP contribution in [0, 0.1) is 0 Å². The van der Waals surface area contributed by atoms with Crippen molar-refractivity contribution >= 4 is 6.09 Å². The molecule has 0 saturated carbocycles. The van der Waals surface area contributed by atoms with Gasteiger partial charge in [-0.15, -0.1) is 0 Å². The van der Waals surface area contributed by atoms with Crippen LogP contribution in [0.1, 0.15) is 33.3 Å². The smallest absolute Gasteiger partial charge is 0.405 e. The summed E-state index contributed by atoms with van der Waals surface area (Å²) in [5, 5.41) is 0. The van der Waals surface area contributed by atoms with Gasteiger partial charge >= 0.3 is 6.09 Å². The molecule has 0 aliphatic heterocycles. The van der Waals surface area contributed by atoms with Crippen LogP contribution in [-0.2, 0) is 10.2 Å². The Balaban J connectivity index is 3.28. The first-order chi connectivity index (χ1) is 8.22. The van der Waals surface area contributed by atoms with E-state index in [2.05, 4.69) is 6.58 Å². The number of carbonyl (C=O) groups excluding carboxylic acids is 1. The summed E-state index contributed by atoms with van der Waals surface area (Å²) in [5.41, 5.74) is 5.75. The standard InChI is InChI=1S/C15H21NO2/c1-11(2)15(5,18-13(16)17)14(3,4)12-9-7-6-8-10-12/h6-10H,1H2,2-5H3,(H2,16,17). The van der Waals surface area contributed by atoms with Crippen molar-refractivity contribution in [3.05, 3.63) is 48.0 Å². The Morgan fingerprint density at radius 3 is 2.11 bits per heavy atom. The molecule has 1 aromatic rings. The van der Waals surface area contributed by atoms with Crippen molar-refractivity contribution < 1.29 is 9.53 Å². The van der Waals surface area contributed by atoms with E-state index in [1.165, 1.54) is 0 Å². The van der Waals surface area contributed by atoms with E-state index in [1.54, 1.807) is 0 Å². The van der Waals surface area contributed by atoms with Gasteiger partial charge in [-0.1, -0.05) is 50.8 Å². The quantitative estimate of drug-likeness (QED) is 0.829. The van der Waals surface area contributed by atoms with Gasteiger partial charge in [0.05, 0.1) is 0 Å². The third kappa shape index (κ3) is 2.40. The van der Waals surface area contributed by atoms with Gasteiger partial charge in [-0.25, -0.2) is 4.79 Å². The van der Waals surface area contributed by atoms with Crippen molar-refractivity contribution in [2.75, 3.05) is 0 Å². The molecular weight excluding hydrogens is 226 g/mol. The molecule has 3 heteroatoms. The zero-order valence-electron chi connectivity index (χ0n) is 11.5. The first-order valence-corrected chi connectivity index (χ1v) is 5.92. The highest BCUT2D eigenvalue weighted by molar-refractivity contribution is 5.66. The molecule has 1 amide bonds. The molecule has 98 valence electrons. The number of hydrogen-bond acceptors (Lipinski definition) is 2. The molecule has 3 nitrogen and oxygen atoms in total. The van der Waals surface area contributed by atoms with E-state index >= 15 is 0 Å². The van der Waals surface area contributed by atoms with Gasteiger partial charge < -0.3 is 10.5 Å². The zero-order valence-corrected chi connectivity index (χ0v) is 11.5. The van der Waals surface area contributed by atoms with Crippen LogP contribution in [0.2, 0.25) is 0 Å². The van der Waals surface area contributed by atoms with E-state index in [0.717, 1.165) is 11.1 Å². The lowest BCUT2D eigenvalue weighted by Gasteiger charge is -2.44. The van der Waals surface area contributed by atoms with Crippen molar-refractivity contribution in [1.82, 2.24) is 0 Å².